The highest BCUT2D eigenvalue weighted by Gasteiger charge is 2.10. The minimum absolute atomic E-state index is 0.216. The maximum absolute atomic E-state index is 13.1. The van der Waals surface area contributed by atoms with Crippen LogP contribution in [0, 0.1) is 5.82 Å². The molecule has 0 amide bonds. The van der Waals surface area contributed by atoms with Crippen molar-refractivity contribution in [2.24, 2.45) is 4.99 Å². The molecule has 0 saturated carbocycles. The molecule has 0 aromatic heterocycles. The number of halogens is 2. The van der Waals surface area contributed by atoms with Crippen molar-refractivity contribution in [3.63, 3.8) is 0 Å². The fraction of sp³-hybridized carbons (Fsp3) is 0.300. The molecular weight excluding hydrogens is 233 g/mol. The van der Waals surface area contributed by atoms with Crippen LogP contribution in [0.5, 0.6) is 0 Å². The Balaban J connectivity index is 2.36. The summed E-state index contributed by atoms with van der Waals surface area (Å²) in [4.78, 5) is 4.31. The number of nitrogens with zero attached hydrogens (tertiary/aromatic N) is 1. The molecule has 0 radical (unpaired) electrons. The number of benzene rings is 1. The molecule has 1 aliphatic rings. The molecule has 1 aliphatic heterocycles. The van der Waals surface area contributed by atoms with Crippen LogP contribution in [0.1, 0.15) is 18.4 Å². The molecular formula is C10H9BrFN. The Morgan fingerprint density at radius 3 is 2.85 bits per heavy atom. The molecule has 1 aromatic carbocycles. The third-order valence-electron chi connectivity index (χ3n) is 2.13. The number of hydrogen-bond acceptors (Lipinski definition) is 1. The molecule has 68 valence electrons. The van der Waals surface area contributed by atoms with E-state index < -0.39 is 0 Å². The zero-order valence-electron chi connectivity index (χ0n) is 7.06. The first-order valence-corrected chi connectivity index (χ1v) is 5.05. The molecule has 0 fully saturated rings. The first-order chi connectivity index (χ1) is 6.27. The van der Waals surface area contributed by atoms with Gasteiger partial charge in [-0.1, -0.05) is 6.07 Å². The van der Waals surface area contributed by atoms with Crippen LogP contribution in [0.15, 0.2) is 27.7 Å². The summed E-state index contributed by atoms with van der Waals surface area (Å²) in [6, 6.07) is 5.16. The molecule has 1 nitrogen and oxygen atoms in total. The Kier molecular flexibility index (Phi) is 2.44. The summed E-state index contributed by atoms with van der Waals surface area (Å²) in [5, 5.41) is 0. The second-order valence-corrected chi connectivity index (χ2v) is 3.92. The van der Waals surface area contributed by atoms with Crippen LogP contribution in [0.3, 0.4) is 0 Å². The Bertz CT molecular complexity index is 360. The Morgan fingerprint density at radius 1 is 1.38 bits per heavy atom. The highest BCUT2D eigenvalue weighted by Crippen LogP contribution is 2.19. The van der Waals surface area contributed by atoms with Crippen molar-refractivity contribution in [2.45, 2.75) is 12.8 Å². The van der Waals surface area contributed by atoms with E-state index in [1.165, 1.54) is 6.07 Å². The highest BCUT2D eigenvalue weighted by atomic mass is 79.9. The highest BCUT2D eigenvalue weighted by molar-refractivity contribution is 9.10. The monoisotopic (exact) mass is 241 g/mol. The molecule has 13 heavy (non-hydrogen) atoms. The maximum Gasteiger partial charge on any atom is 0.138 e. The van der Waals surface area contributed by atoms with Gasteiger partial charge in [0.15, 0.2) is 0 Å². The third-order valence-corrected chi connectivity index (χ3v) is 2.77. The Morgan fingerprint density at radius 2 is 2.23 bits per heavy atom. The minimum Gasteiger partial charge on any atom is -0.289 e. The first kappa shape index (κ1) is 8.88. The van der Waals surface area contributed by atoms with E-state index in [1.807, 2.05) is 6.07 Å². The average molecular weight is 242 g/mol. The molecule has 3 heteroatoms. The first-order valence-electron chi connectivity index (χ1n) is 4.26. The van der Waals surface area contributed by atoms with Crippen molar-refractivity contribution in [2.75, 3.05) is 6.54 Å². The third kappa shape index (κ3) is 1.80. The molecule has 0 bridgehead atoms. The van der Waals surface area contributed by atoms with Crippen molar-refractivity contribution in [1.82, 2.24) is 0 Å². The summed E-state index contributed by atoms with van der Waals surface area (Å²) in [5.74, 6) is -0.216. The van der Waals surface area contributed by atoms with E-state index in [9.17, 15) is 4.39 Å². The van der Waals surface area contributed by atoms with Crippen LogP contribution in [-0.4, -0.2) is 12.3 Å². The molecule has 2 rings (SSSR count). The average Bonchev–Trinajstić information content (AvgIpc) is 2.62. The zero-order chi connectivity index (χ0) is 9.26. The van der Waals surface area contributed by atoms with Gasteiger partial charge < -0.3 is 0 Å². The van der Waals surface area contributed by atoms with Gasteiger partial charge in [-0.3, -0.25) is 4.99 Å². The number of rotatable bonds is 1. The summed E-state index contributed by atoms with van der Waals surface area (Å²) >= 11 is 3.12. The van der Waals surface area contributed by atoms with Crippen molar-refractivity contribution in [1.29, 1.82) is 0 Å². The smallest absolute Gasteiger partial charge is 0.138 e. The standard InChI is InChI=1S/C10H9BrFN/c11-8-4-3-7(6-9(8)12)10-2-1-5-13-10/h3-4,6H,1-2,5H2. The van der Waals surface area contributed by atoms with Crippen molar-refractivity contribution >= 4 is 21.6 Å². The van der Waals surface area contributed by atoms with Crippen molar-refractivity contribution < 1.29 is 4.39 Å². The molecule has 0 spiro atoms. The zero-order valence-corrected chi connectivity index (χ0v) is 8.64. The predicted octanol–water partition coefficient (Wildman–Crippen LogP) is 3.17. The molecule has 1 aromatic rings. The van der Waals surface area contributed by atoms with Gasteiger partial charge in [-0.25, -0.2) is 4.39 Å². The van der Waals surface area contributed by atoms with Crippen molar-refractivity contribution in [3.8, 4) is 0 Å². The Hall–Kier alpha value is -0.700. The van der Waals surface area contributed by atoms with Gasteiger partial charge in [-0.05, 0) is 46.5 Å². The number of hydrogen-bond donors (Lipinski definition) is 0. The molecule has 0 atom stereocenters. The molecule has 0 aliphatic carbocycles. The van der Waals surface area contributed by atoms with E-state index in [-0.39, 0.29) is 5.82 Å². The lowest BCUT2D eigenvalue weighted by molar-refractivity contribution is 0.621. The molecule has 0 N–H and O–H groups in total. The van der Waals surface area contributed by atoms with E-state index in [2.05, 4.69) is 20.9 Å². The van der Waals surface area contributed by atoms with Gasteiger partial charge in [0.05, 0.1) is 4.47 Å². The van der Waals surface area contributed by atoms with E-state index in [0.29, 0.717) is 4.47 Å². The molecule has 0 saturated heterocycles. The largest absolute Gasteiger partial charge is 0.289 e. The van der Waals surface area contributed by atoms with Crippen LogP contribution in [0.2, 0.25) is 0 Å². The lowest BCUT2D eigenvalue weighted by Gasteiger charge is -2.01. The maximum atomic E-state index is 13.1. The van der Waals surface area contributed by atoms with Gasteiger partial charge in [0.25, 0.3) is 0 Å². The van der Waals surface area contributed by atoms with Crippen LogP contribution in [-0.2, 0) is 0 Å². The Labute approximate surface area is 84.8 Å². The fourth-order valence-corrected chi connectivity index (χ4v) is 1.70. The van der Waals surface area contributed by atoms with Crippen LogP contribution in [0.4, 0.5) is 4.39 Å². The molecule has 0 unspecified atom stereocenters. The van der Waals surface area contributed by atoms with Crippen LogP contribution >= 0.6 is 15.9 Å². The van der Waals surface area contributed by atoms with Gasteiger partial charge in [0.2, 0.25) is 0 Å². The summed E-state index contributed by atoms with van der Waals surface area (Å²) in [5.41, 5.74) is 1.95. The van der Waals surface area contributed by atoms with Crippen LogP contribution in [0.25, 0.3) is 0 Å². The van der Waals surface area contributed by atoms with Gasteiger partial charge >= 0.3 is 0 Å². The van der Waals surface area contributed by atoms with Gasteiger partial charge in [-0.15, -0.1) is 0 Å². The number of aliphatic imine (C=N–C) groups is 1. The minimum atomic E-state index is -0.216. The van der Waals surface area contributed by atoms with E-state index in [0.717, 1.165) is 30.7 Å². The van der Waals surface area contributed by atoms with Gasteiger partial charge in [-0.2, -0.15) is 0 Å². The van der Waals surface area contributed by atoms with E-state index >= 15 is 0 Å². The second kappa shape index (κ2) is 3.58. The summed E-state index contributed by atoms with van der Waals surface area (Å²) in [7, 11) is 0. The van der Waals surface area contributed by atoms with Gasteiger partial charge in [0, 0.05) is 12.3 Å². The fourth-order valence-electron chi connectivity index (χ4n) is 1.45. The van der Waals surface area contributed by atoms with E-state index in [1.54, 1.807) is 6.07 Å². The topological polar surface area (TPSA) is 12.4 Å². The van der Waals surface area contributed by atoms with Crippen LogP contribution < -0.4 is 0 Å². The lowest BCUT2D eigenvalue weighted by atomic mass is 10.1. The van der Waals surface area contributed by atoms with Gasteiger partial charge in [0.1, 0.15) is 5.82 Å². The SMILES string of the molecule is Fc1cc(C2=NCCC2)ccc1Br. The van der Waals surface area contributed by atoms with Crippen molar-refractivity contribution in [3.05, 3.63) is 34.1 Å². The summed E-state index contributed by atoms with van der Waals surface area (Å²) < 4.78 is 13.6. The summed E-state index contributed by atoms with van der Waals surface area (Å²) in [6.07, 6.45) is 2.06. The normalized spacial score (nSPS) is 16.0. The summed E-state index contributed by atoms with van der Waals surface area (Å²) in [6.45, 7) is 0.882. The quantitative estimate of drug-likeness (QED) is 0.717. The predicted molar refractivity (Wildman–Crippen MR) is 54.7 cm³/mol. The lowest BCUT2D eigenvalue weighted by Crippen LogP contribution is -1.96. The molecule has 1 heterocycles. The second-order valence-electron chi connectivity index (χ2n) is 3.06. The van der Waals surface area contributed by atoms with E-state index in [4.69, 9.17) is 0 Å².